The van der Waals surface area contributed by atoms with E-state index in [0.717, 1.165) is 46.7 Å². The molecule has 0 aliphatic carbocycles. The van der Waals surface area contributed by atoms with Gasteiger partial charge in [-0.05, 0) is 68.7 Å². The number of benzene rings is 3. The van der Waals surface area contributed by atoms with Gasteiger partial charge in [-0.3, -0.25) is 4.79 Å². The Balaban J connectivity index is 1.49. The van der Waals surface area contributed by atoms with E-state index >= 15 is 0 Å². The Labute approximate surface area is 200 Å². The number of amides is 1. The first kappa shape index (κ1) is 23.4. The van der Waals surface area contributed by atoms with Crippen LogP contribution in [0.15, 0.2) is 66.7 Å². The van der Waals surface area contributed by atoms with Gasteiger partial charge in [0.15, 0.2) is 0 Å². The molecule has 1 heterocycles. The zero-order chi connectivity index (χ0) is 24.1. The van der Waals surface area contributed by atoms with Gasteiger partial charge in [-0.1, -0.05) is 36.4 Å². The molecule has 1 amide bonds. The molecule has 0 aliphatic rings. The lowest BCUT2D eigenvalue weighted by Crippen LogP contribution is -2.29. The molecule has 1 unspecified atom stereocenters. The Morgan fingerprint density at radius 2 is 1.76 bits per heavy atom. The lowest BCUT2D eigenvalue weighted by molar-refractivity contribution is 0.0937. The van der Waals surface area contributed by atoms with E-state index in [1.807, 2.05) is 43.3 Å². The second kappa shape index (κ2) is 10.4. The molecule has 0 radical (unpaired) electrons. The van der Waals surface area contributed by atoms with Gasteiger partial charge in [-0.25, -0.2) is 4.98 Å². The van der Waals surface area contributed by atoms with Crippen molar-refractivity contribution in [3.05, 3.63) is 89.2 Å². The summed E-state index contributed by atoms with van der Waals surface area (Å²) in [6.07, 6.45) is 0.817. The number of rotatable bonds is 9. The molecule has 0 saturated heterocycles. The van der Waals surface area contributed by atoms with E-state index in [1.54, 1.807) is 19.2 Å². The van der Waals surface area contributed by atoms with Gasteiger partial charge in [-0.15, -0.1) is 0 Å². The monoisotopic (exact) mass is 457 g/mol. The first-order chi connectivity index (χ1) is 16.5. The van der Waals surface area contributed by atoms with Crippen molar-refractivity contribution in [2.24, 2.45) is 0 Å². The van der Waals surface area contributed by atoms with Gasteiger partial charge < -0.3 is 19.4 Å². The number of imidazole rings is 1. The van der Waals surface area contributed by atoms with Crippen LogP contribution >= 0.6 is 0 Å². The molecule has 176 valence electrons. The number of carbonyl (C=O) groups excluding carboxylic acids is 1. The number of hydrogen-bond acceptors (Lipinski definition) is 4. The van der Waals surface area contributed by atoms with Crippen molar-refractivity contribution in [2.45, 2.75) is 39.8 Å². The second-order valence-electron chi connectivity index (χ2n) is 8.46. The van der Waals surface area contributed by atoms with Gasteiger partial charge in [0.2, 0.25) is 0 Å². The Kier molecular flexibility index (Phi) is 7.16. The zero-order valence-corrected chi connectivity index (χ0v) is 20.2. The molecule has 6 heteroatoms. The highest BCUT2D eigenvalue weighted by Gasteiger charge is 2.19. The number of aryl methyl sites for hydroxylation is 3. The number of fused-ring (bicyclic) bond motifs is 1. The van der Waals surface area contributed by atoms with Gasteiger partial charge in [0, 0.05) is 12.1 Å². The number of aromatic nitrogens is 2. The molecular formula is C28H31N3O3. The van der Waals surface area contributed by atoms with Crippen LogP contribution in [0.4, 0.5) is 0 Å². The molecular weight excluding hydrogens is 426 g/mol. The lowest BCUT2D eigenvalue weighted by atomic mass is 10.1. The topological polar surface area (TPSA) is 65.4 Å². The fraction of sp³-hybridized carbons (Fsp3) is 0.286. The fourth-order valence-electron chi connectivity index (χ4n) is 4.19. The van der Waals surface area contributed by atoms with E-state index in [9.17, 15) is 4.79 Å². The smallest absolute Gasteiger partial charge is 0.251 e. The molecule has 1 atom stereocenters. The van der Waals surface area contributed by atoms with Gasteiger partial charge in [0.1, 0.15) is 17.3 Å². The number of nitrogens with one attached hydrogen (secondary N) is 1. The number of hydrogen-bond donors (Lipinski definition) is 1. The second-order valence-corrected chi connectivity index (χ2v) is 8.46. The van der Waals surface area contributed by atoms with Crippen LogP contribution in [0.5, 0.6) is 11.5 Å². The summed E-state index contributed by atoms with van der Waals surface area (Å²) in [4.78, 5) is 17.7. The number of ether oxygens (including phenoxy) is 2. The van der Waals surface area contributed by atoms with E-state index < -0.39 is 0 Å². The highest BCUT2D eigenvalue weighted by Crippen LogP contribution is 2.24. The first-order valence-corrected chi connectivity index (χ1v) is 11.6. The van der Waals surface area contributed by atoms with Gasteiger partial charge in [0.05, 0.1) is 30.8 Å². The summed E-state index contributed by atoms with van der Waals surface area (Å²) < 4.78 is 13.5. The number of carbonyl (C=O) groups is 1. The predicted octanol–water partition coefficient (Wildman–Crippen LogP) is 5.62. The van der Waals surface area contributed by atoms with E-state index in [1.165, 1.54) is 0 Å². The molecule has 0 fully saturated rings. The van der Waals surface area contributed by atoms with Crippen LogP contribution in [0.25, 0.3) is 11.0 Å². The molecule has 0 aliphatic heterocycles. The summed E-state index contributed by atoms with van der Waals surface area (Å²) >= 11 is 0. The number of methoxy groups -OCH3 is 1. The van der Waals surface area contributed by atoms with Crippen LogP contribution in [0.2, 0.25) is 0 Å². The van der Waals surface area contributed by atoms with Crippen LogP contribution in [0.3, 0.4) is 0 Å². The van der Waals surface area contributed by atoms with Crippen molar-refractivity contribution in [2.75, 3.05) is 13.7 Å². The van der Waals surface area contributed by atoms with Crippen LogP contribution in [0, 0.1) is 13.8 Å². The largest absolute Gasteiger partial charge is 0.497 e. The van der Waals surface area contributed by atoms with Gasteiger partial charge >= 0.3 is 0 Å². The van der Waals surface area contributed by atoms with Crippen LogP contribution in [-0.2, 0) is 6.54 Å². The maximum atomic E-state index is 12.9. The van der Waals surface area contributed by atoms with Crippen molar-refractivity contribution in [1.82, 2.24) is 14.9 Å². The average Bonchev–Trinajstić information content (AvgIpc) is 3.22. The fourth-order valence-corrected chi connectivity index (χ4v) is 4.19. The van der Waals surface area contributed by atoms with E-state index in [0.29, 0.717) is 17.9 Å². The van der Waals surface area contributed by atoms with Crippen molar-refractivity contribution in [1.29, 1.82) is 0 Å². The first-order valence-electron chi connectivity index (χ1n) is 11.6. The lowest BCUT2D eigenvalue weighted by Gasteiger charge is -2.17. The van der Waals surface area contributed by atoms with Crippen molar-refractivity contribution in [3.63, 3.8) is 0 Å². The highest BCUT2D eigenvalue weighted by atomic mass is 16.5. The Morgan fingerprint density at radius 1 is 1.03 bits per heavy atom. The van der Waals surface area contributed by atoms with Crippen LogP contribution in [0.1, 0.15) is 46.7 Å². The zero-order valence-electron chi connectivity index (χ0n) is 20.2. The quantitative estimate of drug-likeness (QED) is 0.331. The van der Waals surface area contributed by atoms with E-state index in [-0.39, 0.29) is 11.9 Å². The third-order valence-corrected chi connectivity index (χ3v) is 5.93. The number of nitrogens with zero attached hydrogens (tertiary/aromatic N) is 2. The Bertz CT molecular complexity index is 1280. The minimum Gasteiger partial charge on any atom is -0.497 e. The molecule has 4 aromatic rings. The normalized spacial score (nSPS) is 11.9. The molecule has 1 N–H and O–H groups in total. The maximum absolute atomic E-state index is 12.9. The third-order valence-electron chi connectivity index (χ3n) is 5.93. The minimum atomic E-state index is -0.273. The third kappa shape index (κ3) is 5.06. The molecule has 0 spiro atoms. The minimum absolute atomic E-state index is 0.164. The van der Waals surface area contributed by atoms with Gasteiger partial charge in [0.25, 0.3) is 5.91 Å². The molecule has 0 saturated carbocycles. The summed E-state index contributed by atoms with van der Waals surface area (Å²) in [5.41, 5.74) is 4.80. The van der Waals surface area contributed by atoms with Crippen LogP contribution < -0.4 is 14.8 Å². The SMILES string of the molecule is COc1cccc(C(=O)NC(C)c2nc3ccccc3n2CCCOc2c(C)cccc2C)c1. The van der Waals surface area contributed by atoms with Crippen molar-refractivity contribution in [3.8, 4) is 11.5 Å². The summed E-state index contributed by atoms with van der Waals surface area (Å²) in [5.74, 6) is 2.27. The predicted molar refractivity (Wildman–Crippen MR) is 135 cm³/mol. The summed E-state index contributed by atoms with van der Waals surface area (Å²) in [6.45, 7) is 7.43. The molecule has 0 bridgehead atoms. The maximum Gasteiger partial charge on any atom is 0.251 e. The summed E-state index contributed by atoms with van der Waals surface area (Å²) in [6, 6.07) is 21.1. The molecule has 6 nitrogen and oxygen atoms in total. The van der Waals surface area contributed by atoms with Crippen molar-refractivity contribution < 1.29 is 14.3 Å². The highest BCUT2D eigenvalue weighted by molar-refractivity contribution is 5.94. The van der Waals surface area contributed by atoms with E-state index in [2.05, 4.69) is 41.9 Å². The molecule has 1 aromatic heterocycles. The standard InChI is InChI=1S/C28H31N3O3/c1-19-10-7-11-20(2)26(19)34-17-9-16-31-25-15-6-5-14-24(25)30-27(31)21(3)29-28(32)22-12-8-13-23(18-22)33-4/h5-8,10-15,18,21H,9,16-17H2,1-4H3,(H,29,32). The van der Waals surface area contributed by atoms with Crippen molar-refractivity contribution >= 4 is 16.9 Å². The molecule has 4 rings (SSSR count). The molecule has 3 aromatic carbocycles. The summed E-state index contributed by atoms with van der Waals surface area (Å²) in [5, 5.41) is 3.09. The molecule has 34 heavy (non-hydrogen) atoms. The number of para-hydroxylation sites is 3. The van der Waals surface area contributed by atoms with Gasteiger partial charge in [-0.2, -0.15) is 0 Å². The summed E-state index contributed by atoms with van der Waals surface area (Å²) in [7, 11) is 1.59. The Hall–Kier alpha value is -3.80. The van der Waals surface area contributed by atoms with Crippen LogP contribution in [-0.4, -0.2) is 29.2 Å². The average molecular weight is 458 g/mol. The van der Waals surface area contributed by atoms with E-state index in [4.69, 9.17) is 14.5 Å². The Morgan fingerprint density at radius 3 is 2.53 bits per heavy atom.